The molecule has 1 aromatic rings. The fourth-order valence-corrected chi connectivity index (χ4v) is 3.00. The van der Waals surface area contributed by atoms with E-state index < -0.39 is 0 Å². The molecule has 2 atom stereocenters. The molecule has 16 heavy (non-hydrogen) atoms. The summed E-state index contributed by atoms with van der Waals surface area (Å²) >= 11 is 0. The maximum Gasteiger partial charge on any atom is 0.0475 e. The van der Waals surface area contributed by atoms with Crippen molar-refractivity contribution in [2.75, 3.05) is 5.32 Å². The molecule has 0 aromatic heterocycles. The Morgan fingerprint density at radius 1 is 1.12 bits per heavy atom. The standard InChI is InChI=1S/C15H19N/c1-11-6-7-13-9-8-12-4-2-3-5-14(12)16-15(13)10-11/h2-5,10,13,15-16H,6-9H2,1H3. The van der Waals surface area contributed by atoms with Gasteiger partial charge in [0.15, 0.2) is 0 Å². The van der Waals surface area contributed by atoms with Crippen LogP contribution in [0.2, 0.25) is 0 Å². The van der Waals surface area contributed by atoms with Crippen LogP contribution in [-0.4, -0.2) is 6.04 Å². The molecule has 0 saturated carbocycles. The molecule has 1 heteroatoms. The lowest BCUT2D eigenvalue weighted by molar-refractivity contribution is 0.415. The number of anilines is 1. The van der Waals surface area contributed by atoms with E-state index in [0.717, 1.165) is 5.92 Å². The molecule has 1 aliphatic heterocycles. The molecule has 0 saturated heterocycles. The van der Waals surface area contributed by atoms with Crippen molar-refractivity contribution in [3.05, 3.63) is 41.5 Å². The van der Waals surface area contributed by atoms with Gasteiger partial charge in [-0.2, -0.15) is 0 Å². The number of hydrogen-bond acceptors (Lipinski definition) is 1. The van der Waals surface area contributed by atoms with Gasteiger partial charge in [0.2, 0.25) is 0 Å². The molecule has 3 rings (SSSR count). The van der Waals surface area contributed by atoms with Crippen LogP contribution < -0.4 is 5.32 Å². The van der Waals surface area contributed by atoms with Gasteiger partial charge in [-0.1, -0.05) is 29.8 Å². The van der Waals surface area contributed by atoms with Crippen molar-refractivity contribution in [1.82, 2.24) is 0 Å². The maximum absolute atomic E-state index is 3.72. The van der Waals surface area contributed by atoms with Gasteiger partial charge in [0.25, 0.3) is 0 Å². The molecule has 84 valence electrons. The summed E-state index contributed by atoms with van der Waals surface area (Å²) in [5, 5.41) is 3.72. The van der Waals surface area contributed by atoms with Gasteiger partial charge in [0.1, 0.15) is 0 Å². The Labute approximate surface area is 97.6 Å². The average Bonchev–Trinajstić information content (AvgIpc) is 2.47. The van der Waals surface area contributed by atoms with Gasteiger partial charge in [-0.3, -0.25) is 0 Å². The highest BCUT2D eigenvalue weighted by Crippen LogP contribution is 2.34. The Hall–Kier alpha value is -1.24. The van der Waals surface area contributed by atoms with Crippen LogP contribution in [0.15, 0.2) is 35.9 Å². The summed E-state index contributed by atoms with van der Waals surface area (Å²) in [6.07, 6.45) is 7.65. The van der Waals surface area contributed by atoms with Crippen LogP contribution >= 0.6 is 0 Å². The van der Waals surface area contributed by atoms with E-state index in [-0.39, 0.29) is 0 Å². The maximum atomic E-state index is 3.72. The predicted octanol–water partition coefficient (Wildman–Crippen LogP) is 3.77. The number of nitrogens with one attached hydrogen (secondary N) is 1. The van der Waals surface area contributed by atoms with Crippen LogP contribution in [0.3, 0.4) is 0 Å². The molecule has 0 spiro atoms. The summed E-state index contributed by atoms with van der Waals surface area (Å²) in [5.74, 6) is 0.830. The first-order chi connectivity index (χ1) is 7.83. The first-order valence-corrected chi connectivity index (χ1v) is 6.34. The van der Waals surface area contributed by atoms with Crippen LogP contribution in [0.4, 0.5) is 5.69 Å². The summed E-state index contributed by atoms with van der Waals surface area (Å²) in [6.45, 7) is 2.26. The van der Waals surface area contributed by atoms with Crippen molar-refractivity contribution in [3.8, 4) is 0 Å². The first-order valence-electron chi connectivity index (χ1n) is 6.34. The van der Waals surface area contributed by atoms with Gasteiger partial charge >= 0.3 is 0 Å². The molecule has 2 aliphatic rings. The van der Waals surface area contributed by atoms with Crippen molar-refractivity contribution in [2.24, 2.45) is 5.92 Å². The number of para-hydroxylation sites is 1. The van der Waals surface area contributed by atoms with Gasteiger partial charge in [0, 0.05) is 11.7 Å². The van der Waals surface area contributed by atoms with Crippen molar-refractivity contribution < 1.29 is 0 Å². The Morgan fingerprint density at radius 3 is 2.88 bits per heavy atom. The minimum absolute atomic E-state index is 0.567. The molecule has 0 fully saturated rings. The Bertz CT molecular complexity index is 419. The van der Waals surface area contributed by atoms with Gasteiger partial charge in [0.05, 0.1) is 0 Å². The second kappa shape index (κ2) is 3.97. The van der Waals surface area contributed by atoms with Crippen molar-refractivity contribution in [3.63, 3.8) is 0 Å². The van der Waals surface area contributed by atoms with Gasteiger partial charge in [-0.15, -0.1) is 0 Å². The largest absolute Gasteiger partial charge is 0.378 e. The quantitative estimate of drug-likeness (QED) is 0.647. The summed E-state index contributed by atoms with van der Waals surface area (Å²) < 4.78 is 0. The normalized spacial score (nSPS) is 28.2. The van der Waals surface area contributed by atoms with Crippen LogP contribution in [0.25, 0.3) is 0 Å². The fourth-order valence-electron chi connectivity index (χ4n) is 3.00. The van der Waals surface area contributed by atoms with Crippen LogP contribution in [-0.2, 0) is 6.42 Å². The number of allylic oxidation sites excluding steroid dienone is 1. The number of rotatable bonds is 0. The summed E-state index contributed by atoms with van der Waals surface area (Å²) in [6, 6.07) is 9.32. The van der Waals surface area contributed by atoms with Gasteiger partial charge < -0.3 is 5.32 Å². The van der Waals surface area contributed by atoms with E-state index in [1.54, 1.807) is 5.57 Å². The third kappa shape index (κ3) is 1.75. The zero-order valence-electron chi connectivity index (χ0n) is 9.87. The SMILES string of the molecule is CC1=CC2Nc3ccccc3CCC2CC1. The molecule has 0 amide bonds. The first kappa shape index (κ1) is 9.95. The zero-order valence-corrected chi connectivity index (χ0v) is 9.87. The van der Waals surface area contributed by atoms with Crippen molar-refractivity contribution in [2.45, 2.75) is 38.6 Å². The summed E-state index contributed by atoms with van der Waals surface area (Å²) in [7, 11) is 0. The molecule has 1 aromatic carbocycles. The highest BCUT2D eigenvalue weighted by atomic mass is 14.9. The number of benzene rings is 1. The van der Waals surface area contributed by atoms with E-state index in [2.05, 4.69) is 42.6 Å². The Balaban J connectivity index is 1.93. The topological polar surface area (TPSA) is 12.0 Å². The van der Waals surface area contributed by atoms with E-state index in [0.29, 0.717) is 6.04 Å². The minimum atomic E-state index is 0.567. The lowest BCUT2D eigenvalue weighted by Crippen LogP contribution is -2.29. The molecular weight excluding hydrogens is 194 g/mol. The highest BCUT2D eigenvalue weighted by Gasteiger charge is 2.26. The van der Waals surface area contributed by atoms with Crippen molar-refractivity contribution in [1.29, 1.82) is 0 Å². The molecule has 2 unspecified atom stereocenters. The van der Waals surface area contributed by atoms with E-state index >= 15 is 0 Å². The second-order valence-corrected chi connectivity index (χ2v) is 5.18. The number of fused-ring (bicyclic) bond motifs is 2. The fraction of sp³-hybridized carbons (Fsp3) is 0.467. The average molecular weight is 213 g/mol. The van der Waals surface area contributed by atoms with Crippen molar-refractivity contribution >= 4 is 5.69 Å². The molecular formula is C15H19N. The third-order valence-corrected chi connectivity index (χ3v) is 4.01. The third-order valence-electron chi connectivity index (χ3n) is 4.01. The molecule has 1 heterocycles. The Kier molecular flexibility index (Phi) is 2.47. The molecule has 1 nitrogen and oxygen atoms in total. The molecule has 1 N–H and O–H groups in total. The zero-order chi connectivity index (χ0) is 11.0. The van der Waals surface area contributed by atoms with Gasteiger partial charge in [-0.05, 0) is 50.2 Å². The van der Waals surface area contributed by atoms with E-state index in [1.807, 2.05) is 0 Å². The van der Waals surface area contributed by atoms with Crippen LogP contribution in [0, 0.1) is 5.92 Å². The van der Waals surface area contributed by atoms with E-state index in [1.165, 1.54) is 36.9 Å². The van der Waals surface area contributed by atoms with Gasteiger partial charge in [-0.25, -0.2) is 0 Å². The predicted molar refractivity (Wildman–Crippen MR) is 68.7 cm³/mol. The second-order valence-electron chi connectivity index (χ2n) is 5.18. The van der Waals surface area contributed by atoms with Crippen LogP contribution in [0.5, 0.6) is 0 Å². The monoisotopic (exact) mass is 213 g/mol. The number of aryl methyl sites for hydroxylation is 1. The minimum Gasteiger partial charge on any atom is -0.378 e. The molecule has 1 aliphatic carbocycles. The lowest BCUT2D eigenvalue weighted by Gasteiger charge is -2.29. The Morgan fingerprint density at radius 2 is 1.94 bits per heavy atom. The van der Waals surface area contributed by atoms with Crippen LogP contribution in [0.1, 0.15) is 31.7 Å². The van der Waals surface area contributed by atoms with E-state index in [9.17, 15) is 0 Å². The molecule has 0 radical (unpaired) electrons. The smallest absolute Gasteiger partial charge is 0.0475 e. The molecule has 0 bridgehead atoms. The number of hydrogen-bond donors (Lipinski definition) is 1. The van der Waals surface area contributed by atoms with E-state index in [4.69, 9.17) is 0 Å². The summed E-state index contributed by atoms with van der Waals surface area (Å²) in [5.41, 5.74) is 4.39. The lowest BCUT2D eigenvalue weighted by atomic mass is 9.83. The summed E-state index contributed by atoms with van der Waals surface area (Å²) in [4.78, 5) is 0. The highest BCUT2D eigenvalue weighted by molar-refractivity contribution is 5.53.